The van der Waals surface area contributed by atoms with Crippen molar-refractivity contribution >= 4 is 34.3 Å². The number of rotatable bonds is 6. The van der Waals surface area contributed by atoms with E-state index in [1.807, 2.05) is 0 Å². The third-order valence-electron chi connectivity index (χ3n) is 4.47. The first kappa shape index (κ1) is 21.9. The molecule has 3 rings (SSSR count). The number of alkyl halides is 3. The lowest BCUT2D eigenvalue weighted by molar-refractivity contribution is -0.116. The largest absolute Gasteiger partial charge is 0.497 e. The van der Waals surface area contributed by atoms with Gasteiger partial charge >= 0.3 is 12.1 Å². The Morgan fingerprint density at radius 1 is 1.06 bits per heavy atom. The van der Waals surface area contributed by atoms with E-state index in [-0.39, 0.29) is 16.5 Å². The normalized spacial score (nSPS) is 11.3. The third-order valence-corrected chi connectivity index (χ3v) is 4.47. The van der Waals surface area contributed by atoms with Crippen molar-refractivity contribution in [3.8, 4) is 5.75 Å². The second kappa shape index (κ2) is 8.50. The number of nitrogens with one attached hydrogen (secondary N) is 1. The van der Waals surface area contributed by atoms with Gasteiger partial charge in [-0.05, 0) is 24.3 Å². The Hall–Kier alpha value is -3.82. The van der Waals surface area contributed by atoms with Gasteiger partial charge < -0.3 is 19.4 Å². The van der Waals surface area contributed by atoms with Gasteiger partial charge in [0.1, 0.15) is 12.3 Å². The molecule has 0 radical (unpaired) electrons. The van der Waals surface area contributed by atoms with Crippen LogP contribution >= 0.6 is 0 Å². The number of anilines is 1. The molecular formula is C21H17F3N2O5. The fraction of sp³-hybridized carbons (Fsp3) is 0.190. The average molecular weight is 434 g/mol. The number of carbonyl (C=O) groups is 3. The van der Waals surface area contributed by atoms with Gasteiger partial charge in [-0.3, -0.25) is 9.59 Å². The van der Waals surface area contributed by atoms with E-state index in [9.17, 15) is 27.6 Å². The summed E-state index contributed by atoms with van der Waals surface area (Å²) in [5.41, 5.74) is -0.0272. The van der Waals surface area contributed by atoms with Crippen LogP contribution in [-0.4, -0.2) is 42.6 Å². The standard InChI is InChI=1S/C21H17F3N2O5/c1-30-14-5-3-4-13(9-14)25-18(27)11-26-10-16(19(28)21(22,23)24)15-7-6-12(8-17(15)26)20(29)31-2/h3-10H,11H2,1-2H3,(H,25,27). The van der Waals surface area contributed by atoms with E-state index in [0.717, 1.165) is 13.3 Å². The van der Waals surface area contributed by atoms with Gasteiger partial charge in [0.2, 0.25) is 5.91 Å². The van der Waals surface area contributed by atoms with Crippen LogP contribution in [0.1, 0.15) is 20.7 Å². The van der Waals surface area contributed by atoms with E-state index in [1.165, 1.54) is 29.9 Å². The molecule has 31 heavy (non-hydrogen) atoms. The second-order valence-corrected chi connectivity index (χ2v) is 6.50. The molecule has 1 amide bonds. The number of halogens is 3. The van der Waals surface area contributed by atoms with Gasteiger partial charge in [0.15, 0.2) is 0 Å². The van der Waals surface area contributed by atoms with Gasteiger partial charge in [0.25, 0.3) is 5.78 Å². The van der Waals surface area contributed by atoms with Gasteiger partial charge in [0, 0.05) is 23.3 Å². The number of Topliss-reactive ketones (excluding diaryl/α,β-unsaturated/α-hetero) is 1. The highest BCUT2D eigenvalue weighted by atomic mass is 19.4. The van der Waals surface area contributed by atoms with Crippen molar-refractivity contribution in [3.63, 3.8) is 0 Å². The number of esters is 1. The zero-order valence-corrected chi connectivity index (χ0v) is 16.4. The topological polar surface area (TPSA) is 86.6 Å². The Morgan fingerprint density at radius 3 is 2.45 bits per heavy atom. The highest BCUT2D eigenvalue weighted by molar-refractivity contribution is 6.11. The summed E-state index contributed by atoms with van der Waals surface area (Å²) in [7, 11) is 2.62. The Morgan fingerprint density at radius 2 is 1.81 bits per heavy atom. The number of aromatic nitrogens is 1. The van der Waals surface area contributed by atoms with Crippen molar-refractivity contribution in [2.45, 2.75) is 12.7 Å². The number of ether oxygens (including phenoxy) is 2. The molecule has 7 nitrogen and oxygen atoms in total. The number of hydrogen-bond acceptors (Lipinski definition) is 5. The minimum Gasteiger partial charge on any atom is -0.497 e. The summed E-state index contributed by atoms with van der Waals surface area (Å²) in [5.74, 6) is -2.81. The molecule has 0 aliphatic rings. The molecule has 1 aromatic heterocycles. The molecule has 10 heteroatoms. The second-order valence-electron chi connectivity index (χ2n) is 6.50. The van der Waals surface area contributed by atoms with Crippen molar-refractivity contribution in [1.82, 2.24) is 4.57 Å². The number of ketones is 1. The van der Waals surface area contributed by atoms with Crippen LogP contribution < -0.4 is 10.1 Å². The van der Waals surface area contributed by atoms with Crippen LogP contribution in [0.2, 0.25) is 0 Å². The highest BCUT2D eigenvalue weighted by Crippen LogP contribution is 2.29. The van der Waals surface area contributed by atoms with Crippen molar-refractivity contribution in [2.75, 3.05) is 19.5 Å². The minimum atomic E-state index is -5.09. The maximum Gasteiger partial charge on any atom is 0.454 e. The van der Waals surface area contributed by atoms with Gasteiger partial charge in [-0.2, -0.15) is 13.2 Å². The van der Waals surface area contributed by atoms with Crippen molar-refractivity contribution < 1.29 is 37.0 Å². The minimum absolute atomic E-state index is 0.0378. The third kappa shape index (κ3) is 4.68. The Labute approximate surface area is 174 Å². The number of amides is 1. The average Bonchev–Trinajstić information content (AvgIpc) is 3.09. The molecule has 2 aromatic carbocycles. The fourth-order valence-corrected chi connectivity index (χ4v) is 3.06. The van der Waals surface area contributed by atoms with Gasteiger partial charge in [-0.15, -0.1) is 0 Å². The SMILES string of the molecule is COC(=O)c1ccc2c(C(=O)C(F)(F)F)cn(CC(=O)Nc3cccc(OC)c3)c2c1. The molecule has 0 aliphatic carbocycles. The van der Waals surface area contributed by atoms with Crippen LogP contribution in [0.15, 0.2) is 48.7 Å². The molecule has 0 atom stereocenters. The van der Waals surface area contributed by atoms with Crippen LogP contribution in [0.3, 0.4) is 0 Å². The summed E-state index contributed by atoms with van der Waals surface area (Å²) in [6.07, 6.45) is -4.14. The van der Waals surface area contributed by atoms with Gasteiger partial charge in [-0.25, -0.2) is 4.79 Å². The zero-order chi connectivity index (χ0) is 22.8. The van der Waals surface area contributed by atoms with Gasteiger partial charge in [0.05, 0.1) is 30.9 Å². The number of nitrogens with zero attached hydrogens (tertiary/aromatic N) is 1. The monoisotopic (exact) mass is 434 g/mol. The molecule has 0 aliphatic heterocycles. The summed E-state index contributed by atoms with van der Waals surface area (Å²) in [4.78, 5) is 36.2. The molecular weight excluding hydrogens is 417 g/mol. The molecule has 1 heterocycles. The lowest BCUT2D eigenvalue weighted by atomic mass is 10.1. The number of methoxy groups -OCH3 is 2. The molecule has 0 saturated heterocycles. The molecule has 162 valence electrons. The predicted octanol–water partition coefficient (Wildman–Crippen LogP) is 3.82. The first-order valence-corrected chi connectivity index (χ1v) is 8.90. The Kier molecular flexibility index (Phi) is 6.00. The first-order valence-electron chi connectivity index (χ1n) is 8.90. The summed E-state index contributed by atoms with van der Waals surface area (Å²) in [5, 5.41) is 2.57. The molecule has 0 spiro atoms. The maximum atomic E-state index is 13.0. The highest BCUT2D eigenvalue weighted by Gasteiger charge is 2.41. The molecule has 3 aromatic rings. The molecule has 0 fully saturated rings. The van der Waals surface area contributed by atoms with E-state index >= 15 is 0 Å². The van der Waals surface area contributed by atoms with Crippen molar-refractivity contribution in [1.29, 1.82) is 0 Å². The lowest BCUT2D eigenvalue weighted by Gasteiger charge is -2.09. The van der Waals surface area contributed by atoms with Crippen molar-refractivity contribution in [2.24, 2.45) is 0 Å². The summed E-state index contributed by atoms with van der Waals surface area (Å²) < 4.78 is 50.0. The first-order chi connectivity index (χ1) is 14.6. The van der Waals surface area contributed by atoms with E-state index in [0.29, 0.717) is 11.4 Å². The molecule has 0 bridgehead atoms. The van der Waals surface area contributed by atoms with E-state index < -0.39 is 35.9 Å². The fourth-order valence-electron chi connectivity index (χ4n) is 3.06. The van der Waals surface area contributed by atoms with Crippen molar-refractivity contribution in [3.05, 3.63) is 59.8 Å². The smallest absolute Gasteiger partial charge is 0.454 e. The number of benzene rings is 2. The summed E-state index contributed by atoms with van der Waals surface area (Å²) >= 11 is 0. The molecule has 1 N–H and O–H groups in total. The van der Waals surface area contributed by atoms with Crippen LogP contribution in [0.4, 0.5) is 18.9 Å². The summed E-state index contributed by atoms with van der Waals surface area (Å²) in [6, 6.07) is 10.3. The number of fused-ring (bicyclic) bond motifs is 1. The summed E-state index contributed by atoms with van der Waals surface area (Å²) in [6.45, 7) is -0.399. The quantitative estimate of drug-likeness (QED) is 0.471. The van der Waals surface area contributed by atoms with Crippen LogP contribution in [0.5, 0.6) is 5.75 Å². The van der Waals surface area contributed by atoms with Crippen LogP contribution in [-0.2, 0) is 16.1 Å². The van der Waals surface area contributed by atoms with E-state index in [2.05, 4.69) is 10.1 Å². The van der Waals surface area contributed by atoms with E-state index in [1.54, 1.807) is 24.3 Å². The Bertz CT molecular complexity index is 1170. The maximum absolute atomic E-state index is 13.0. The van der Waals surface area contributed by atoms with E-state index in [4.69, 9.17) is 4.74 Å². The van der Waals surface area contributed by atoms with Crippen LogP contribution in [0, 0.1) is 0 Å². The van der Waals surface area contributed by atoms with Crippen LogP contribution in [0.25, 0.3) is 10.9 Å². The van der Waals surface area contributed by atoms with Gasteiger partial charge in [-0.1, -0.05) is 12.1 Å². The zero-order valence-electron chi connectivity index (χ0n) is 16.4. The number of carbonyl (C=O) groups excluding carboxylic acids is 3. The predicted molar refractivity (Wildman–Crippen MR) is 105 cm³/mol. The lowest BCUT2D eigenvalue weighted by Crippen LogP contribution is -2.22. The Balaban J connectivity index is 1.99. The molecule has 0 unspecified atom stereocenters. The molecule has 0 saturated carbocycles. The number of hydrogen-bond donors (Lipinski definition) is 1.